The molecule has 2 aromatic heterocycles. The summed E-state index contributed by atoms with van der Waals surface area (Å²) in [6, 6.07) is -0.920. The van der Waals surface area contributed by atoms with Gasteiger partial charge in [-0.15, -0.1) is 0 Å². The molecule has 0 amide bonds. The molecule has 0 saturated carbocycles. The molecule has 2 saturated heterocycles. The smallest absolute Gasteiger partial charge is 0.331 e. The molecule has 7 atom stereocenters. The Morgan fingerprint density at radius 1 is 1.02 bits per heavy atom. The number of hydrogen-bond acceptors (Lipinski definition) is 10. The average Bonchev–Trinajstić information content (AvgIpc) is 3.49. The van der Waals surface area contributed by atoms with Crippen LogP contribution in [0.15, 0.2) is 36.7 Å². The topological polar surface area (TPSA) is 233 Å². The summed E-state index contributed by atoms with van der Waals surface area (Å²) < 4.78 is 40.1. The molecule has 2 aliphatic heterocycles. The molecule has 0 aromatic carbocycles. The molecule has 2 aliphatic rings. The molecule has 45 heavy (non-hydrogen) atoms. The third-order valence-electron chi connectivity index (χ3n) is 8.62. The fraction of sp³-hybridized carbons (Fsp3) is 0.692. The molecule has 0 aliphatic carbocycles. The quantitative estimate of drug-likeness (QED) is 0.110. The fourth-order valence-corrected chi connectivity index (χ4v) is 7.49. The van der Waals surface area contributed by atoms with Gasteiger partial charge in [-0.2, -0.15) is 0 Å². The first-order valence-corrected chi connectivity index (χ1v) is 19.1. The van der Waals surface area contributed by atoms with E-state index in [0.717, 1.165) is 4.57 Å². The summed E-state index contributed by atoms with van der Waals surface area (Å²) in [7, 11) is -6.79. The van der Waals surface area contributed by atoms with Crippen molar-refractivity contribution in [2.24, 2.45) is 5.11 Å². The van der Waals surface area contributed by atoms with Gasteiger partial charge in [0.15, 0.2) is 8.32 Å². The largest absolute Gasteiger partial charge is 0.414 e. The minimum atomic E-state index is -4.50. The summed E-state index contributed by atoms with van der Waals surface area (Å²) in [5.41, 5.74) is 7.10. The summed E-state index contributed by atoms with van der Waals surface area (Å²) in [4.78, 5) is 67.1. The van der Waals surface area contributed by atoms with E-state index in [1.807, 2.05) is 13.1 Å². The number of nitrogens with zero attached hydrogens (tertiary/aromatic N) is 5. The van der Waals surface area contributed by atoms with Gasteiger partial charge in [-0.3, -0.25) is 33.3 Å². The van der Waals surface area contributed by atoms with E-state index in [1.54, 1.807) is 0 Å². The number of ether oxygens (including phenoxy) is 2. The van der Waals surface area contributed by atoms with Crippen LogP contribution in [0.25, 0.3) is 10.4 Å². The van der Waals surface area contributed by atoms with E-state index in [9.17, 15) is 28.6 Å². The molecular formula is C26H40N7O10PSi. The lowest BCUT2D eigenvalue weighted by molar-refractivity contribution is -0.0413. The number of aromatic nitrogens is 4. The van der Waals surface area contributed by atoms with Gasteiger partial charge in [0.1, 0.15) is 18.6 Å². The molecule has 0 radical (unpaired) electrons. The van der Waals surface area contributed by atoms with Crippen LogP contribution >= 0.6 is 7.60 Å². The van der Waals surface area contributed by atoms with Gasteiger partial charge in [-0.1, -0.05) is 25.9 Å². The first-order valence-electron chi connectivity index (χ1n) is 14.5. The van der Waals surface area contributed by atoms with Crippen LogP contribution in [0.2, 0.25) is 18.1 Å². The first kappa shape index (κ1) is 34.8. The van der Waals surface area contributed by atoms with E-state index in [2.05, 4.69) is 40.8 Å². The van der Waals surface area contributed by atoms with Crippen LogP contribution in [-0.4, -0.2) is 69.4 Å². The average molecular weight is 670 g/mol. The third-order valence-corrected chi connectivity index (χ3v) is 14.5. The zero-order chi connectivity index (χ0) is 33.5. The van der Waals surface area contributed by atoms with Crippen LogP contribution in [0.3, 0.4) is 0 Å². The SMILES string of the molecule is Cc1cn([C@H]2C[C@H](N=[N+]=[N-])[C@@H](CP(=O)(O)O[C@H]3C[C@H](n4cc(C)c(=O)[nH]c4=O)O[C@@H]3CO[Si](C)(C)C(C)(C)C)O2)c(=O)[nH]c1=O. The van der Waals surface area contributed by atoms with Crippen LogP contribution in [0, 0.1) is 13.8 Å². The third kappa shape index (κ3) is 7.84. The second-order valence-corrected chi connectivity index (χ2v) is 19.7. The van der Waals surface area contributed by atoms with Crippen molar-refractivity contribution < 1.29 is 27.9 Å². The van der Waals surface area contributed by atoms with Crippen molar-refractivity contribution in [3.8, 4) is 0 Å². The van der Waals surface area contributed by atoms with Gasteiger partial charge in [0, 0.05) is 41.3 Å². The standard InChI is InChI=1S/C26H40N7O10PSi/c1-14-10-32(24(36)28-22(14)34)20-8-16(30-31-27)19(42-20)13-44(38,39)43-17-9-21(33-11-15(2)23(35)29-25(33)37)41-18(17)12-40-45(6,7)26(3,4)5/h10-11,16-21H,8-9,12-13H2,1-7H3,(H,38,39)(H,28,34,36)(H,29,35,37)/t16-,17-,18+,19+,20+,21+/m0/s1. The van der Waals surface area contributed by atoms with Crippen molar-refractivity contribution in [3.63, 3.8) is 0 Å². The highest BCUT2D eigenvalue weighted by molar-refractivity contribution is 7.52. The van der Waals surface area contributed by atoms with Gasteiger partial charge in [0.2, 0.25) is 0 Å². The van der Waals surface area contributed by atoms with Gasteiger partial charge in [-0.05, 0) is 37.5 Å². The van der Waals surface area contributed by atoms with Gasteiger partial charge >= 0.3 is 19.0 Å². The number of azide groups is 1. The predicted octanol–water partition coefficient (Wildman–Crippen LogP) is 2.55. The molecule has 2 fully saturated rings. The molecule has 0 bridgehead atoms. The molecule has 4 rings (SSSR count). The van der Waals surface area contributed by atoms with Crippen molar-refractivity contribution in [2.45, 2.75) is 102 Å². The molecule has 248 valence electrons. The molecule has 4 heterocycles. The summed E-state index contributed by atoms with van der Waals surface area (Å²) >= 11 is 0. The molecule has 3 N–H and O–H groups in total. The Morgan fingerprint density at radius 2 is 1.53 bits per heavy atom. The normalized spacial score (nSPS) is 26.8. The highest BCUT2D eigenvalue weighted by atomic mass is 31.2. The monoisotopic (exact) mass is 669 g/mol. The molecule has 17 nitrogen and oxygen atoms in total. The lowest BCUT2D eigenvalue weighted by Gasteiger charge is -2.37. The Bertz CT molecular complexity index is 1760. The van der Waals surface area contributed by atoms with E-state index < -0.39 is 81.4 Å². The zero-order valence-electron chi connectivity index (χ0n) is 26.3. The Morgan fingerprint density at radius 3 is 2.04 bits per heavy atom. The van der Waals surface area contributed by atoms with E-state index in [-0.39, 0.29) is 35.6 Å². The number of H-pyrrole nitrogens is 2. The van der Waals surface area contributed by atoms with Crippen molar-refractivity contribution in [2.75, 3.05) is 12.8 Å². The number of nitrogens with one attached hydrogen (secondary N) is 2. The summed E-state index contributed by atoms with van der Waals surface area (Å²) in [6.07, 6.45) is -2.79. The van der Waals surface area contributed by atoms with Crippen LogP contribution in [-0.2, 0) is 23.0 Å². The van der Waals surface area contributed by atoms with Gasteiger partial charge in [0.05, 0.1) is 31.0 Å². The van der Waals surface area contributed by atoms with Gasteiger partial charge in [-0.25, -0.2) is 9.59 Å². The molecular weight excluding hydrogens is 629 g/mol. The van der Waals surface area contributed by atoms with Gasteiger partial charge < -0.3 is 23.3 Å². The number of aromatic amines is 2. The van der Waals surface area contributed by atoms with E-state index >= 15 is 0 Å². The van der Waals surface area contributed by atoms with E-state index in [1.165, 1.54) is 30.8 Å². The molecule has 1 unspecified atom stereocenters. The van der Waals surface area contributed by atoms with Crippen LogP contribution in [0.1, 0.15) is 57.2 Å². The zero-order valence-corrected chi connectivity index (χ0v) is 28.1. The summed E-state index contributed by atoms with van der Waals surface area (Å²) in [6.45, 7) is 13.3. The second-order valence-electron chi connectivity index (χ2n) is 13.0. The maximum Gasteiger partial charge on any atom is 0.331 e. The van der Waals surface area contributed by atoms with E-state index in [0.29, 0.717) is 0 Å². The molecule has 2 aromatic rings. The highest BCUT2D eigenvalue weighted by Gasteiger charge is 2.46. The fourth-order valence-electron chi connectivity index (χ4n) is 4.96. The van der Waals surface area contributed by atoms with Crippen molar-refractivity contribution in [1.29, 1.82) is 0 Å². The maximum atomic E-state index is 13.6. The summed E-state index contributed by atoms with van der Waals surface area (Å²) in [5.74, 6) is 0. The predicted molar refractivity (Wildman–Crippen MR) is 165 cm³/mol. The minimum Gasteiger partial charge on any atom is -0.414 e. The van der Waals surface area contributed by atoms with Crippen LogP contribution < -0.4 is 22.5 Å². The van der Waals surface area contributed by atoms with Gasteiger partial charge in [0.25, 0.3) is 11.1 Å². The van der Waals surface area contributed by atoms with Crippen LogP contribution in [0.5, 0.6) is 0 Å². The number of aryl methyl sites for hydroxylation is 2. The number of hydrogen-bond donors (Lipinski definition) is 3. The lowest BCUT2D eigenvalue weighted by Crippen LogP contribution is -2.44. The number of rotatable bonds is 10. The molecule has 0 spiro atoms. The van der Waals surface area contributed by atoms with Crippen molar-refractivity contribution in [1.82, 2.24) is 19.1 Å². The van der Waals surface area contributed by atoms with Crippen LogP contribution in [0.4, 0.5) is 0 Å². The van der Waals surface area contributed by atoms with E-state index in [4.69, 9.17) is 24.0 Å². The Hall–Kier alpha value is -3.08. The Kier molecular flexibility index (Phi) is 10.0. The van der Waals surface area contributed by atoms with Crippen molar-refractivity contribution in [3.05, 3.63) is 75.6 Å². The first-order chi connectivity index (χ1) is 20.8. The minimum absolute atomic E-state index is 0.00614. The Labute approximate surface area is 258 Å². The van der Waals surface area contributed by atoms with Crippen molar-refractivity contribution >= 4 is 15.9 Å². The second kappa shape index (κ2) is 13.0. The maximum absolute atomic E-state index is 13.6. The lowest BCUT2D eigenvalue weighted by atomic mass is 10.1. The molecule has 19 heteroatoms. The Balaban J connectivity index is 1.57. The highest BCUT2D eigenvalue weighted by Crippen LogP contribution is 2.50. The summed E-state index contributed by atoms with van der Waals surface area (Å²) in [5, 5.41) is 3.57.